The molecule has 0 radical (unpaired) electrons. The van der Waals surface area contributed by atoms with Gasteiger partial charge in [0.25, 0.3) is 0 Å². The molecule has 0 heterocycles. The summed E-state index contributed by atoms with van der Waals surface area (Å²) in [5, 5.41) is 32.8. The first kappa shape index (κ1) is 44.8. The number of allylic oxidation sites excluding steroid dienone is 12. The summed E-state index contributed by atoms with van der Waals surface area (Å²) in [4.78, 5) is 0. The minimum absolute atomic E-state index is 0. The molecule has 0 aromatic rings. The summed E-state index contributed by atoms with van der Waals surface area (Å²) >= 11 is 0. The molecular formula is C32H56O4Ti. The van der Waals surface area contributed by atoms with Gasteiger partial charge in [-0.3, -0.25) is 0 Å². The predicted molar refractivity (Wildman–Crippen MR) is 162 cm³/mol. The maximum Gasteiger partial charge on any atom is 0.0791 e. The van der Waals surface area contributed by atoms with Crippen LogP contribution in [0.1, 0.15) is 105 Å². The third-order valence-electron chi connectivity index (χ3n) is 4.23. The van der Waals surface area contributed by atoms with E-state index < -0.39 is 0 Å². The quantitative estimate of drug-likeness (QED) is 0.0664. The van der Waals surface area contributed by atoms with Crippen LogP contribution in [-0.2, 0) is 21.7 Å². The maximum absolute atomic E-state index is 8.19. The molecule has 0 saturated heterocycles. The average Bonchev–Trinajstić information content (AvgIpc) is 2.90. The molecule has 0 spiro atoms. The van der Waals surface area contributed by atoms with Crippen LogP contribution in [-0.4, -0.2) is 20.4 Å². The molecule has 5 heteroatoms. The van der Waals surface area contributed by atoms with Crippen molar-refractivity contribution in [3.63, 3.8) is 0 Å². The first-order valence-corrected chi connectivity index (χ1v) is 13.5. The topological polar surface area (TPSA) is 80.9 Å². The van der Waals surface area contributed by atoms with Gasteiger partial charge in [0.05, 0.1) is 25.0 Å². The van der Waals surface area contributed by atoms with Crippen LogP contribution in [0.5, 0.6) is 0 Å². The zero-order valence-corrected chi connectivity index (χ0v) is 25.6. The standard InChI is InChI=1S/4C8H14O.Ti/c4*1-2-3-4-5-6-7-8-9;/h4*5-9H,2-4H2,1H3;/b4*6-5+,8-7+;. The molecule has 212 valence electrons. The number of hydrogen-bond acceptors (Lipinski definition) is 4. The fraction of sp³-hybridized carbons (Fsp3) is 0.500. The van der Waals surface area contributed by atoms with Crippen LogP contribution in [0.15, 0.2) is 98.0 Å². The van der Waals surface area contributed by atoms with Crippen molar-refractivity contribution in [2.45, 2.75) is 105 Å². The number of aliphatic hydroxyl groups is 4. The van der Waals surface area contributed by atoms with E-state index in [1.807, 2.05) is 24.3 Å². The van der Waals surface area contributed by atoms with Gasteiger partial charge in [-0.05, 0) is 50.0 Å². The third kappa shape index (κ3) is 71.9. The summed E-state index contributed by atoms with van der Waals surface area (Å²) in [5.74, 6) is 0. The molecule has 0 aliphatic rings. The van der Waals surface area contributed by atoms with Crippen molar-refractivity contribution in [3.05, 3.63) is 98.0 Å². The molecule has 0 fully saturated rings. The van der Waals surface area contributed by atoms with Crippen LogP contribution in [0.4, 0.5) is 0 Å². The summed E-state index contributed by atoms with van der Waals surface area (Å²) in [5.41, 5.74) is 0. The van der Waals surface area contributed by atoms with Gasteiger partial charge in [-0.25, -0.2) is 0 Å². The largest absolute Gasteiger partial charge is 0.516 e. The number of aliphatic hydroxyl groups excluding tert-OH is 4. The van der Waals surface area contributed by atoms with E-state index in [1.54, 1.807) is 24.3 Å². The van der Waals surface area contributed by atoms with E-state index in [0.717, 1.165) is 50.7 Å². The van der Waals surface area contributed by atoms with E-state index in [-0.39, 0.29) is 21.7 Å². The summed E-state index contributed by atoms with van der Waals surface area (Å²) < 4.78 is 0. The summed E-state index contributed by atoms with van der Waals surface area (Å²) in [6.45, 7) is 8.65. The van der Waals surface area contributed by atoms with Crippen LogP contribution in [0.25, 0.3) is 0 Å². The third-order valence-corrected chi connectivity index (χ3v) is 4.23. The van der Waals surface area contributed by atoms with Crippen LogP contribution >= 0.6 is 0 Å². The molecule has 0 amide bonds. The molecule has 0 atom stereocenters. The van der Waals surface area contributed by atoms with E-state index in [2.05, 4.69) is 52.0 Å². The summed E-state index contributed by atoms with van der Waals surface area (Å²) in [6, 6.07) is 0. The molecule has 4 N–H and O–H groups in total. The Bertz CT molecular complexity index is 482. The Balaban J connectivity index is -0.000000122. The van der Waals surface area contributed by atoms with Gasteiger partial charge in [-0.1, -0.05) is 128 Å². The average molecular weight is 553 g/mol. The van der Waals surface area contributed by atoms with Gasteiger partial charge in [0, 0.05) is 21.7 Å². The van der Waals surface area contributed by atoms with Crippen LogP contribution in [0.2, 0.25) is 0 Å². The van der Waals surface area contributed by atoms with Crippen LogP contribution < -0.4 is 0 Å². The van der Waals surface area contributed by atoms with Crippen molar-refractivity contribution in [2.75, 3.05) is 0 Å². The Morgan fingerprint density at radius 1 is 0.351 bits per heavy atom. The van der Waals surface area contributed by atoms with E-state index in [1.165, 1.54) is 51.4 Å². The fourth-order valence-electron chi connectivity index (χ4n) is 2.19. The van der Waals surface area contributed by atoms with Crippen molar-refractivity contribution < 1.29 is 42.1 Å². The smallest absolute Gasteiger partial charge is 0.0791 e. The van der Waals surface area contributed by atoms with Gasteiger partial charge in [0.2, 0.25) is 0 Å². The van der Waals surface area contributed by atoms with Crippen molar-refractivity contribution in [1.82, 2.24) is 0 Å². The van der Waals surface area contributed by atoms with Crippen molar-refractivity contribution in [2.24, 2.45) is 0 Å². The molecule has 0 aromatic carbocycles. The number of hydrogen-bond donors (Lipinski definition) is 4. The molecule has 0 aliphatic carbocycles. The SMILES string of the molecule is CCCC/C=C/C=C/O.CCCC/C=C/C=C/O.CCCC/C=C/C=C/O.CCCC/C=C/C=C/O.[Ti]. The fourth-order valence-corrected chi connectivity index (χ4v) is 2.19. The van der Waals surface area contributed by atoms with E-state index in [4.69, 9.17) is 20.4 Å². The monoisotopic (exact) mass is 552 g/mol. The second kappa shape index (κ2) is 54.7. The molecule has 0 aliphatic heterocycles. The minimum Gasteiger partial charge on any atom is -0.516 e. The van der Waals surface area contributed by atoms with Crippen molar-refractivity contribution >= 4 is 0 Å². The Morgan fingerprint density at radius 3 is 0.676 bits per heavy atom. The van der Waals surface area contributed by atoms with Gasteiger partial charge in [-0.15, -0.1) is 0 Å². The Labute approximate surface area is 244 Å². The molecule has 4 nitrogen and oxygen atoms in total. The molecule has 0 unspecified atom stereocenters. The summed E-state index contributed by atoms with van der Waals surface area (Å²) in [7, 11) is 0. The first-order chi connectivity index (χ1) is 17.7. The minimum atomic E-state index is 0. The second-order valence-electron chi connectivity index (χ2n) is 7.65. The van der Waals surface area contributed by atoms with Gasteiger partial charge >= 0.3 is 0 Å². The number of unbranched alkanes of at least 4 members (excludes halogenated alkanes) is 8. The van der Waals surface area contributed by atoms with Crippen molar-refractivity contribution in [3.8, 4) is 0 Å². The van der Waals surface area contributed by atoms with Gasteiger partial charge in [0.15, 0.2) is 0 Å². The molecular weight excluding hydrogens is 496 g/mol. The molecule has 0 saturated carbocycles. The van der Waals surface area contributed by atoms with E-state index in [0.29, 0.717) is 0 Å². The predicted octanol–water partition coefficient (Wildman–Crippen LogP) is 11.2. The van der Waals surface area contributed by atoms with Crippen LogP contribution in [0.3, 0.4) is 0 Å². The zero-order chi connectivity index (χ0) is 27.8. The van der Waals surface area contributed by atoms with Gasteiger partial charge in [0.1, 0.15) is 0 Å². The van der Waals surface area contributed by atoms with E-state index >= 15 is 0 Å². The molecule has 0 bridgehead atoms. The first-order valence-electron chi connectivity index (χ1n) is 13.5. The zero-order valence-electron chi connectivity index (χ0n) is 24.0. The Morgan fingerprint density at radius 2 is 0.541 bits per heavy atom. The molecule has 0 aromatic heterocycles. The van der Waals surface area contributed by atoms with E-state index in [9.17, 15) is 0 Å². The number of rotatable bonds is 16. The molecule has 37 heavy (non-hydrogen) atoms. The maximum atomic E-state index is 8.19. The summed E-state index contributed by atoms with van der Waals surface area (Å²) in [6.07, 6.45) is 40.6. The van der Waals surface area contributed by atoms with Gasteiger partial charge in [-0.2, -0.15) is 0 Å². The van der Waals surface area contributed by atoms with Gasteiger partial charge < -0.3 is 20.4 Å². The molecule has 0 rings (SSSR count). The Kier molecular flexibility index (Phi) is 66.2. The normalized spacial score (nSPS) is 11.4. The van der Waals surface area contributed by atoms with Crippen LogP contribution in [0, 0.1) is 0 Å². The second-order valence-corrected chi connectivity index (χ2v) is 7.65. The van der Waals surface area contributed by atoms with Crippen molar-refractivity contribution in [1.29, 1.82) is 0 Å². The Hall–Kier alpha value is -2.17.